The standard InChI is InChI=1S/C26H23BrClN3O2/c27-19-10-12-20(13-11-19)31(24(32)16-28)25(22-17-30-23-9-5-4-8-21(22)23)26(33)29-15-14-18-6-2-1-3-7-18/h1-13,17,25,30H,14-16H2,(H,29,33). The number of carbonyl (C=O) groups excluding carboxylic acids is 2. The van der Waals surface area contributed by atoms with Crippen LogP contribution in [-0.4, -0.2) is 29.2 Å². The smallest absolute Gasteiger partial charge is 0.247 e. The molecule has 168 valence electrons. The summed E-state index contributed by atoms with van der Waals surface area (Å²) in [4.78, 5) is 31.4. The Morgan fingerprint density at radius 1 is 0.970 bits per heavy atom. The number of aromatic amines is 1. The Kier molecular flexibility index (Phi) is 7.47. The van der Waals surface area contributed by atoms with Gasteiger partial charge in [-0.1, -0.05) is 64.5 Å². The van der Waals surface area contributed by atoms with Crippen molar-refractivity contribution in [3.05, 3.63) is 101 Å². The van der Waals surface area contributed by atoms with E-state index < -0.39 is 6.04 Å². The summed E-state index contributed by atoms with van der Waals surface area (Å²) in [5.74, 6) is -0.865. The average Bonchev–Trinajstić information content (AvgIpc) is 3.27. The predicted octanol–water partition coefficient (Wildman–Crippen LogP) is 5.60. The number of H-pyrrole nitrogens is 1. The molecule has 0 saturated heterocycles. The van der Waals surface area contributed by atoms with Gasteiger partial charge in [-0.15, -0.1) is 11.6 Å². The van der Waals surface area contributed by atoms with E-state index >= 15 is 0 Å². The lowest BCUT2D eigenvalue weighted by Crippen LogP contribution is -2.45. The fourth-order valence-corrected chi connectivity index (χ4v) is 4.29. The molecule has 0 bridgehead atoms. The molecule has 0 aliphatic rings. The van der Waals surface area contributed by atoms with E-state index in [9.17, 15) is 9.59 Å². The molecule has 7 heteroatoms. The van der Waals surface area contributed by atoms with Gasteiger partial charge in [-0.25, -0.2) is 0 Å². The van der Waals surface area contributed by atoms with Gasteiger partial charge in [-0.05, 0) is 42.3 Å². The number of carbonyl (C=O) groups is 2. The minimum absolute atomic E-state index is 0.244. The van der Waals surface area contributed by atoms with Crippen molar-refractivity contribution in [2.75, 3.05) is 17.3 Å². The number of aromatic nitrogens is 1. The Morgan fingerprint density at radius 3 is 2.39 bits per heavy atom. The van der Waals surface area contributed by atoms with Crippen LogP contribution < -0.4 is 10.2 Å². The molecule has 2 amide bonds. The lowest BCUT2D eigenvalue weighted by atomic mass is 10.0. The number of amides is 2. The first-order valence-electron chi connectivity index (χ1n) is 10.6. The second kappa shape index (κ2) is 10.7. The summed E-state index contributed by atoms with van der Waals surface area (Å²) in [6, 6.07) is 24.1. The van der Waals surface area contributed by atoms with Gasteiger partial charge in [-0.3, -0.25) is 14.5 Å². The van der Waals surface area contributed by atoms with Crippen molar-refractivity contribution in [2.45, 2.75) is 12.5 Å². The molecule has 0 aliphatic heterocycles. The summed E-state index contributed by atoms with van der Waals surface area (Å²) in [7, 11) is 0. The van der Waals surface area contributed by atoms with Gasteiger partial charge in [0.1, 0.15) is 11.9 Å². The van der Waals surface area contributed by atoms with Crippen LogP contribution in [-0.2, 0) is 16.0 Å². The number of fused-ring (bicyclic) bond motifs is 1. The second-order valence-electron chi connectivity index (χ2n) is 7.59. The van der Waals surface area contributed by atoms with Gasteiger partial charge in [0, 0.05) is 39.4 Å². The highest BCUT2D eigenvalue weighted by Crippen LogP contribution is 2.33. The molecule has 0 aliphatic carbocycles. The van der Waals surface area contributed by atoms with Gasteiger partial charge in [0.15, 0.2) is 0 Å². The van der Waals surface area contributed by atoms with Crippen LogP contribution in [0.15, 0.2) is 89.5 Å². The van der Waals surface area contributed by atoms with Crippen molar-refractivity contribution >= 4 is 55.9 Å². The number of alkyl halides is 1. The molecule has 1 heterocycles. The first-order valence-corrected chi connectivity index (χ1v) is 11.9. The maximum absolute atomic E-state index is 13.6. The largest absolute Gasteiger partial charge is 0.361 e. The number of nitrogens with zero attached hydrogens (tertiary/aromatic N) is 1. The van der Waals surface area contributed by atoms with Crippen molar-refractivity contribution in [1.29, 1.82) is 0 Å². The Bertz CT molecular complexity index is 1240. The zero-order chi connectivity index (χ0) is 23.2. The molecule has 33 heavy (non-hydrogen) atoms. The van der Waals surface area contributed by atoms with E-state index in [-0.39, 0.29) is 17.7 Å². The normalized spacial score (nSPS) is 11.8. The van der Waals surface area contributed by atoms with Crippen LogP contribution in [0.5, 0.6) is 0 Å². The summed E-state index contributed by atoms with van der Waals surface area (Å²) in [5.41, 5.74) is 3.33. The Balaban J connectivity index is 1.71. The molecule has 1 unspecified atom stereocenters. The van der Waals surface area contributed by atoms with Gasteiger partial charge in [0.05, 0.1) is 0 Å². The summed E-state index contributed by atoms with van der Waals surface area (Å²) in [6.07, 6.45) is 2.48. The fraction of sp³-hybridized carbons (Fsp3) is 0.154. The second-order valence-corrected chi connectivity index (χ2v) is 8.78. The Labute approximate surface area is 205 Å². The van der Waals surface area contributed by atoms with Crippen LogP contribution in [0, 0.1) is 0 Å². The number of rotatable bonds is 8. The van der Waals surface area contributed by atoms with Crippen molar-refractivity contribution in [2.24, 2.45) is 0 Å². The quantitative estimate of drug-likeness (QED) is 0.295. The van der Waals surface area contributed by atoms with Gasteiger partial charge < -0.3 is 10.3 Å². The van der Waals surface area contributed by atoms with E-state index in [0.717, 1.165) is 20.9 Å². The molecule has 1 aromatic heterocycles. The fourth-order valence-electron chi connectivity index (χ4n) is 3.89. The predicted molar refractivity (Wildman–Crippen MR) is 137 cm³/mol. The number of nitrogens with one attached hydrogen (secondary N) is 2. The molecule has 4 aromatic rings. The van der Waals surface area contributed by atoms with Gasteiger partial charge in [0.2, 0.25) is 11.8 Å². The first-order chi connectivity index (χ1) is 16.1. The number of para-hydroxylation sites is 1. The van der Waals surface area contributed by atoms with Crippen LogP contribution in [0.25, 0.3) is 10.9 Å². The van der Waals surface area contributed by atoms with Crippen molar-refractivity contribution in [1.82, 2.24) is 10.3 Å². The molecule has 0 fully saturated rings. The van der Waals surface area contributed by atoms with Gasteiger partial charge in [0.25, 0.3) is 0 Å². The van der Waals surface area contributed by atoms with E-state index in [1.165, 1.54) is 4.90 Å². The summed E-state index contributed by atoms with van der Waals surface area (Å²) in [6.45, 7) is 0.449. The van der Waals surface area contributed by atoms with Crippen LogP contribution in [0.4, 0.5) is 5.69 Å². The molecule has 5 nitrogen and oxygen atoms in total. The summed E-state index contributed by atoms with van der Waals surface area (Å²) < 4.78 is 0.875. The van der Waals surface area contributed by atoms with E-state index in [4.69, 9.17) is 11.6 Å². The molecule has 3 aromatic carbocycles. The van der Waals surface area contributed by atoms with E-state index in [1.54, 1.807) is 18.3 Å². The zero-order valence-electron chi connectivity index (χ0n) is 17.8. The topological polar surface area (TPSA) is 65.2 Å². The molecular formula is C26H23BrClN3O2. The SMILES string of the molecule is O=C(NCCc1ccccc1)C(c1c[nH]c2ccccc12)N(C(=O)CCl)c1ccc(Br)cc1. The van der Waals surface area contributed by atoms with Gasteiger partial charge >= 0.3 is 0 Å². The Hall–Kier alpha value is -3.09. The highest BCUT2D eigenvalue weighted by atomic mass is 79.9. The highest BCUT2D eigenvalue weighted by molar-refractivity contribution is 9.10. The third-order valence-corrected chi connectivity index (χ3v) is 6.22. The third-order valence-electron chi connectivity index (χ3n) is 5.47. The van der Waals surface area contributed by atoms with E-state index in [0.29, 0.717) is 24.2 Å². The van der Waals surface area contributed by atoms with Crippen LogP contribution in [0.1, 0.15) is 17.2 Å². The van der Waals surface area contributed by atoms with Crippen LogP contribution in [0.3, 0.4) is 0 Å². The molecule has 0 spiro atoms. The minimum Gasteiger partial charge on any atom is -0.361 e. The van der Waals surface area contributed by atoms with Gasteiger partial charge in [-0.2, -0.15) is 0 Å². The lowest BCUT2D eigenvalue weighted by molar-refractivity contribution is -0.125. The molecule has 2 N–H and O–H groups in total. The number of halogens is 2. The maximum Gasteiger partial charge on any atom is 0.247 e. The van der Waals surface area contributed by atoms with Crippen molar-refractivity contribution in [3.8, 4) is 0 Å². The average molecular weight is 525 g/mol. The molecule has 0 saturated carbocycles. The molecular weight excluding hydrogens is 502 g/mol. The van der Waals surface area contributed by atoms with Crippen LogP contribution >= 0.6 is 27.5 Å². The monoisotopic (exact) mass is 523 g/mol. The summed E-state index contributed by atoms with van der Waals surface area (Å²) in [5, 5.41) is 3.91. The first kappa shape index (κ1) is 23.1. The highest BCUT2D eigenvalue weighted by Gasteiger charge is 2.34. The van der Waals surface area contributed by atoms with E-state index in [2.05, 4.69) is 26.2 Å². The lowest BCUT2D eigenvalue weighted by Gasteiger charge is -2.31. The Morgan fingerprint density at radius 2 is 1.67 bits per heavy atom. The summed E-state index contributed by atoms with van der Waals surface area (Å²) >= 11 is 9.43. The van der Waals surface area contributed by atoms with Crippen molar-refractivity contribution < 1.29 is 9.59 Å². The van der Waals surface area contributed by atoms with E-state index in [1.807, 2.05) is 66.7 Å². The van der Waals surface area contributed by atoms with Crippen LogP contribution in [0.2, 0.25) is 0 Å². The molecule has 1 atom stereocenters. The number of benzene rings is 3. The third kappa shape index (κ3) is 5.29. The molecule has 4 rings (SSSR count). The number of anilines is 1. The number of hydrogen-bond donors (Lipinski definition) is 2. The van der Waals surface area contributed by atoms with Crippen molar-refractivity contribution in [3.63, 3.8) is 0 Å². The minimum atomic E-state index is -0.885. The number of hydrogen-bond acceptors (Lipinski definition) is 2. The maximum atomic E-state index is 13.6. The molecule has 0 radical (unpaired) electrons. The zero-order valence-corrected chi connectivity index (χ0v) is 20.1.